The van der Waals surface area contributed by atoms with Crippen LogP contribution in [0.2, 0.25) is 0 Å². The van der Waals surface area contributed by atoms with Crippen LogP contribution in [0.15, 0.2) is 0 Å². The molecule has 0 saturated carbocycles. The van der Waals surface area contributed by atoms with Crippen molar-refractivity contribution in [1.82, 2.24) is 0 Å². The van der Waals surface area contributed by atoms with E-state index in [2.05, 4.69) is 0 Å². The topological polar surface area (TPSA) is 55.4 Å². The van der Waals surface area contributed by atoms with E-state index in [0.717, 1.165) is 12.8 Å². The van der Waals surface area contributed by atoms with Gasteiger partial charge in [0, 0.05) is 27.1 Å². The Morgan fingerprint density at radius 3 is 1.00 bits per heavy atom. The van der Waals surface area contributed by atoms with Crippen molar-refractivity contribution in [2.45, 2.75) is 123 Å². The molecular formula is C21H44O6. The van der Waals surface area contributed by atoms with E-state index in [1.165, 1.54) is 0 Å². The molecule has 0 bridgehead atoms. The Bertz CT molecular complexity index is 388. The smallest absolute Gasteiger partial charge is 0.239 e. The highest BCUT2D eigenvalue weighted by Gasteiger charge is 2.47. The lowest BCUT2D eigenvalue weighted by Crippen LogP contribution is -2.50. The first-order valence-electron chi connectivity index (χ1n) is 9.91. The summed E-state index contributed by atoms with van der Waals surface area (Å²) in [5.41, 5.74) is -1.99. The molecular weight excluding hydrogens is 348 g/mol. The molecule has 0 atom stereocenters. The molecule has 0 aromatic heterocycles. The lowest BCUT2D eigenvalue weighted by Gasteiger charge is -2.43. The van der Waals surface area contributed by atoms with E-state index in [0.29, 0.717) is 12.8 Å². The van der Waals surface area contributed by atoms with Gasteiger partial charge >= 0.3 is 0 Å². The molecule has 0 aliphatic heterocycles. The third kappa shape index (κ3) is 10.2. The fourth-order valence-corrected chi connectivity index (χ4v) is 2.13. The summed E-state index contributed by atoms with van der Waals surface area (Å²) >= 11 is 0. The van der Waals surface area contributed by atoms with E-state index >= 15 is 0 Å². The summed E-state index contributed by atoms with van der Waals surface area (Å²) in [5.74, 6) is -1.21. The average molecular weight is 393 g/mol. The number of methoxy groups -OCH3 is 2. The van der Waals surface area contributed by atoms with Crippen molar-refractivity contribution in [3.05, 3.63) is 0 Å². The highest BCUT2D eigenvalue weighted by molar-refractivity contribution is 4.86. The van der Waals surface area contributed by atoms with Gasteiger partial charge in [-0.2, -0.15) is 9.78 Å². The summed E-state index contributed by atoms with van der Waals surface area (Å²) in [7, 11) is 3.33. The molecule has 0 rings (SSSR count). The van der Waals surface area contributed by atoms with Gasteiger partial charge in [-0.15, -0.1) is 0 Å². The fraction of sp³-hybridized carbons (Fsp3) is 1.00. The summed E-state index contributed by atoms with van der Waals surface area (Å²) in [4.78, 5) is 23.6. The second kappa shape index (κ2) is 9.99. The maximum absolute atomic E-state index is 5.99. The van der Waals surface area contributed by atoms with Crippen LogP contribution < -0.4 is 0 Å². The van der Waals surface area contributed by atoms with Crippen LogP contribution in [0.3, 0.4) is 0 Å². The maximum Gasteiger partial charge on any atom is 0.239 e. The third-order valence-corrected chi connectivity index (χ3v) is 5.04. The Balaban J connectivity index is 5.86. The van der Waals surface area contributed by atoms with E-state index in [1.54, 1.807) is 14.2 Å². The fourth-order valence-electron chi connectivity index (χ4n) is 2.13. The van der Waals surface area contributed by atoms with Crippen molar-refractivity contribution in [2.75, 3.05) is 14.2 Å². The van der Waals surface area contributed by atoms with Crippen LogP contribution in [-0.2, 0) is 29.0 Å². The quantitative estimate of drug-likeness (QED) is 0.218. The summed E-state index contributed by atoms with van der Waals surface area (Å²) in [5, 5.41) is 0. The minimum atomic E-state index is -1.21. The third-order valence-electron chi connectivity index (χ3n) is 5.04. The highest BCUT2D eigenvalue weighted by atomic mass is 17.3. The zero-order valence-corrected chi connectivity index (χ0v) is 19.8. The lowest BCUT2D eigenvalue weighted by molar-refractivity contribution is -0.552. The van der Waals surface area contributed by atoms with Gasteiger partial charge in [0.15, 0.2) is 0 Å². The molecule has 0 spiro atoms. The van der Waals surface area contributed by atoms with Crippen molar-refractivity contribution >= 4 is 0 Å². The number of ether oxygens (including phenoxy) is 2. The van der Waals surface area contributed by atoms with Gasteiger partial charge in [0.1, 0.15) is 0 Å². The van der Waals surface area contributed by atoms with E-state index < -0.39 is 28.2 Å². The predicted octanol–water partition coefficient (Wildman–Crippen LogP) is 5.59. The lowest BCUT2D eigenvalue weighted by atomic mass is 9.89. The molecule has 0 aromatic carbocycles. The molecule has 0 amide bonds. The Morgan fingerprint density at radius 1 is 0.481 bits per heavy atom. The molecule has 0 unspecified atom stereocenters. The molecule has 0 radical (unpaired) electrons. The number of rotatable bonds is 14. The summed E-state index contributed by atoms with van der Waals surface area (Å²) in [6, 6.07) is 0. The second-order valence-electron chi connectivity index (χ2n) is 9.75. The predicted molar refractivity (Wildman–Crippen MR) is 107 cm³/mol. The van der Waals surface area contributed by atoms with Crippen LogP contribution in [0.4, 0.5) is 0 Å². The van der Waals surface area contributed by atoms with Crippen molar-refractivity contribution in [1.29, 1.82) is 0 Å². The first-order chi connectivity index (χ1) is 12.1. The highest BCUT2D eigenvalue weighted by Crippen LogP contribution is 2.38. The van der Waals surface area contributed by atoms with Crippen molar-refractivity contribution in [3.63, 3.8) is 0 Å². The van der Waals surface area contributed by atoms with E-state index in [4.69, 9.17) is 29.0 Å². The van der Waals surface area contributed by atoms with Crippen LogP contribution in [-0.4, -0.2) is 42.4 Å². The van der Waals surface area contributed by atoms with Crippen molar-refractivity contribution < 1.29 is 29.0 Å². The molecule has 0 fully saturated rings. The standard InChI is InChI=1S/C21H44O6/c1-13-17(3,4)24-26-21(15-19(7,8)22-11,16-20(9,10)23-12)27-25-18(5,6)14-2/h13-16H2,1-12H3. The Hall–Kier alpha value is -0.240. The van der Waals surface area contributed by atoms with Gasteiger partial charge in [-0.05, 0) is 68.2 Å². The Morgan fingerprint density at radius 2 is 0.778 bits per heavy atom. The van der Waals surface area contributed by atoms with Crippen LogP contribution >= 0.6 is 0 Å². The van der Waals surface area contributed by atoms with E-state index in [1.807, 2.05) is 69.2 Å². The maximum atomic E-state index is 5.99. The second-order valence-corrected chi connectivity index (χ2v) is 9.75. The van der Waals surface area contributed by atoms with Gasteiger partial charge in [-0.3, -0.25) is 0 Å². The van der Waals surface area contributed by atoms with E-state index in [9.17, 15) is 0 Å². The van der Waals surface area contributed by atoms with Crippen LogP contribution in [0.1, 0.15) is 94.9 Å². The van der Waals surface area contributed by atoms with Crippen LogP contribution in [0, 0.1) is 0 Å². The van der Waals surface area contributed by atoms with Crippen LogP contribution in [0.25, 0.3) is 0 Å². The number of hydrogen-bond donors (Lipinski definition) is 0. The van der Waals surface area contributed by atoms with Gasteiger partial charge < -0.3 is 9.47 Å². The van der Waals surface area contributed by atoms with Crippen molar-refractivity contribution in [3.8, 4) is 0 Å². The zero-order chi connectivity index (χ0) is 21.6. The monoisotopic (exact) mass is 392 g/mol. The molecule has 164 valence electrons. The molecule has 0 aliphatic rings. The zero-order valence-electron chi connectivity index (χ0n) is 19.8. The first kappa shape index (κ1) is 26.8. The molecule has 6 heteroatoms. The Labute approximate surface area is 167 Å². The normalized spacial score (nSPS) is 14.7. The Kier molecular flexibility index (Phi) is 9.90. The first-order valence-corrected chi connectivity index (χ1v) is 9.91. The molecule has 0 heterocycles. The van der Waals surface area contributed by atoms with Gasteiger partial charge in [0.2, 0.25) is 5.79 Å². The average Bonchev–Trinajstić information content (AvgIpc) is 2.58. The molecule has 6 nitrogen and oxygen atoms in total. The summed E-state index contributed by atoms with van der Waals surface area (Å²) in [6.07, 6.45) is 2.35. The molecule has 0 N–H and O–H groups in total. The summed E-state index contributed by atoms with van der Waals surface area (Å²) < 4.78 is 11.3. The minimum Gasteiger partial charge on any atom is -0.379 e. The van der Waals surface area contributed by atoms with Crippen LogP contribution in [0.5, 0.6) is 0 Å². The van der Waals surface area contributed by atoms with Gasteiger partial charge in [-0.1, -0.05) is 13.8 Å². The molecule has 27 heavy (non-hydrogen) atoms. The van der Waals surface area contributed by atoms with Gasteiger partial charge in [-0.25, -0.2) is 9.78 Å². The van der Waals surface area contributed by atoms with Gasteiger partial charge in [0.25, 0.3) is 0 Å². The summed E-state index contributed by atoms with van der Waals surface area (Å²) in [6.45, 7) is 19.9. The largest absolute Gasteiger partial charge is 0.379 e. The molecule has 0 aromatic rings. The van der Waals surface area contributed by atoms with Crippen molar-refractivity contribution in [2.24, 2.45) is 0 Å². The number of hydrogen-bond acceptors (Lipinski definition) is 6. The SMILES string of the molecule is CCC(C)(C)OOC(CC(C)(C)OC)(CC(C)(C)OC)OOC(C)(C)CC. The van der Waals surface area contributed by atoms with E-state index in [-0.39, 0.29) is 0 Å². The van der Waals surface area contributed by atoms with Gasteiger partial charge in [0.05, 0.1) is 22.4 Å². The minimum absolute atomic E-state index is 0.392. The molecule has 0 aliphatic carbocycles. The molecule has 0 saturated heterocycles.